The standard InChI is InChI=1S/C21H20FN3O2/c1-14-6-9-17(27-16-10-7-15(22)8-11-16)13-18(14)21(26)25(2)20(23)19-5-3-4-12-24-19/h3-13,20H,23H2,1-2H3. The van der Waals surface area contributed by atoms with Gasteiger partial charge in [-0.2, -0.15) is 0 Å². The molecule has 5 nitrogen and oxygen atoms in total. The van der Waals surface area contributed by atoms with Crippen molar-refractivity contribution >= 4 is 5.91 Å². The lowest BCUT2D eigenvalue weighted by Crippen LogP contribution is -2.37. The number of nitrogens with two attached hydrogens (primary N) is 1. The Kier molecular flexibility index (Phi) is 5.47. The normalized spacial score (nSPS) is 11.7. The van der Waals surface area contributed by atoms with E-state index in [0.29, 0.717) is 22.8 Å². The second-order valence-electron chi connectivity index (χ2n) is 6.15. The van der Waals surface area contributed by atoms with Gasteiger partial charge in [0.25, 0.3) is 5.91 Å². The van der Waals surface area contributed by atoms with Gasteiger partial charge in [-0.25, -0.2) is 4.39 Å². The van der Waals surface area contributed by atoms with E-state index in [9.17, 15) is 9.18 Å². The van der Waals surface area contributed by atoms with Gasteiger partial charge in [0.15, 0.2) is 0 Å². The summed E-state index contributed by atoms with van der Waals surface area (Å²) in [5.74, 6) is 0.384. The first kappa shape index (κ1) is 18.5. The van der Waals surface area contributed by atoms with Gasteiger partial charge < -0.3 is 15.4 Å². The number of aryl methyl sites for hydroxylation is 1. The monoisotopic (exact) mass is 365 g/mol. The summed E-state index contributed by atoms with van der Waals surface area (Å²) >= 11 is 0. The third-order valence-electron chi connectivity index (χ3n) is 4.22. The highest BCUT2D eigenvalue weighted by Crippen LogP contribution is 2.26. The second-order valence-corrected chi connectivity index (χ2v) is 6.15. The van der Waals surface area contributed by atoms with Crippen molar-refractivity contribution in [3.63, 3.8) is 0 Å². The van der Waals surface area contributed by atoms with Crippen molar-refractivity contribution < 1.29 is 13.9 Å². The highest BCUT2D eigenvalue weighted by Gasteiger charge is 2.22. The third kappa shape index (κ3) is 4.30. The molecular formula is C21H20FN3O2. The number of rotatable bonds is 5. The fraction of sp³-hybridized carbons (Fsp3) is 0.143. The van der Waals surface area contributed by atoms with Crippen molar-refractivity contribution in [2.45, 2.75) is 13.1 Å². The molecule has 0 radical (unpaired) electrons. The Balaban J connectivity index is 1.82. The molecule has 3 rings (SSSR count). The minimum absolute atomic E-state index is 0.241. The van der Waals surface area contributed by atoms with Crippen LogP contribution in [-0.4, -0.2) is 22.8 Å². The molecule has 138 valence electrons. The molecule has 0 spiro atoms. The van der Waals surface area contributed by atoms with Gasteiger partial charge in [0.2, 0.25) is 0 Å². The molecule has 0 aliphatic rings. The number of amides is 1. The maximum Gasteiger partial charge on any atom is 0.255 e. The van der Waals surface area contributed by atoms with Gasteiger partial charge in [-0.05, 0) is 61.0 Å². The van der Waals surface area contributed by atoms with Crippen LogP contribution in [0.1, 0.15) is 27.8 Å². The largest absolute Gasteiger partial charge is 0.457 e. The number of hydrogen-bond acceptors (Lipinski definition) is 4. The summed E-state index contributed by atoms with van der Waals surface area (Å²) in [7, 11) is 1.63. The van der Waals surface area contributed by atoms with Crippen LogP contribution in [0.3, 0.4) is 0 Å². The Labute approximate surface area is 157 Å². The van der Waals surface area contributed by atoms with Crippen LogP contribution in [0.15, 0.2) is 66.9 Å². The average molecular weight is 365 g/mol. The van der Waals surface area contributed by atoms with Crippen molar-refractivity contribution in [3.8, 4) is 11.5 Å². The van der Waals surface area contributed by atoms with E-state index in [1.165, 1.54) is 29.2 Å². The van der Waals surface area contributed by atoms with E-state index in [0.717, 1.165) is 5.56 Å². The van der Waals surface area contributed by atoms with Gasteiger partial charge in [-0.15, -0.1) is 0 Å². The Bertz CT molecular complexity index is 930. The third-order valence-corrected chi connectivity index (χ3v) is 4.22. The highest BCUT2D eigenvalue weighted by molar-refractivity contribution is 5.96. The number of carbonyl (C=O) groups is 1. The van der Waals surface area contributed by atoms with Gasteiger partial charge >= 0.3 is 0 Å². The van der Waals surface area contributed by atoms with Crippen molar-refractivity contribution in [1.82, 2.24) is 9.88 Å². The zero-order valence-electron chi connectivity index (χ0n) is 15.1. The van der Waals surface area contributed by atoms with E-state index in [1.807, 2.05) is 13.0 Å². The lowest BCUT2D eigenvalue weighted by Gasteiger charge is -2.25. The summed E-state index contributed by atoms with van der Waals surface area (Å²) in [5.41, 5.74) is 8.05. The summed E-state index contributed by atoms with van der Waals surface area (Å²) in [6, 6.07) is 16.3. The van der Waals surface area contributed by atoms with Crippen molar-refractivity contribution in [2.75, 3.05) is 7.05 Å². The summed E-state index contributed by atoms with van der Waals surface area (Å²) in [6.07, 6.45) is 0.968. The SMILES string of the molecule is Cc1ccc(Oc2ccc(F)cc2)cc1C(=O)N(C)C(N)c1ccccn1. The Morgan fingerprint density at radius 1 is 1.11 bits per heavy atom. The van der Waals surface area contributed by atoms with Gasteiger partial charge in [0, 0.05) is 18.8 Å². The van der Waals surface area contributed by atoms with Crippen LogP contribution in [0.25, 0.3) is 0 Å². The molecule has 1 unspecified atom stereocenters. The molecule has 27 heavy (non-hydrogen) atoms. The molecule has 2 N–H and O–H groups in total. The lowest BCUT2D eigenvalue weighted by molar-refractivity contribution is 0.0730. The first-order valence-electron chi connectivity index (χ1n) is 8.43. The molecule has 0 saturated carbocycles. The molecule has 1 atom stereocenters. The minimum Gasteiger partial charge on any atom is -0.457 e. The molecule has 0 fully saturated rings. The summed E-state index contributed by atoms with van der Waals surface area (Å²) < 4.78 is 18.8. The van der Waals surface area contributed by atoms with Crippen molar-refractivity contribution in [1.29, 1.82) is 0 Å². The smallest absolute Gasteiger partial charge is 0.255 e. The predicted molar refractivity (Wildman–Crippen MR) is 101 cm³/mol. The molecule has 0 saturated heterocycles. The second kappa shape index (κ2) is 7.97. The molecule has 3 aromatic rings. The topological polar surface area (TPSA) is 68.5 Å². The fourth-order valence-electron chi connectivity index (χ4n) is 2.60. The molecule has 1 amide bonds. The molecular weight excluding hydrogens is 345 g/mol. The number of halogens is 1. The van der Waals surface area contributed by atoms with Gasteiger partial charge in [0.1, 0.15) is 23.5 Å². The average Bonchev–Trinajstić information content (AvgIpc) is 2.70. The molecule has 1 heterocycles. The van der Waals surface area contributed by atoms with Gasteiger partial charge in [-0.1, -0.05) is 12.1 Å². The zero-order valence-corrected chi connectivity index (χ0v) is 15.1. The number of nitrogens with zero attached hydrogens (tertiary/aromatic N) is 2. The lowest BCUT2D eigenvalue weighted by atomic mass is 10.1. The molecule has 1 aromatic heterocycles. The maximum absolute atomic E-state index is 13.0. The maximum atomic E-state index is 13.0. The van der Waals surface area contributed by atoms with Gasteiger partial charge in [-0.3, -0.25) is 9.78 Å². The van der Waals surface area contributed by atoms with Crippen LogP contribution in [0.5, 0.6) is 11.5 Å². The minimum atomic E-state index is -0.667. The predicted octanol–water partition coefficient (Wildman–Crippen LogP) is 4.05. The number of benzene rings is 2. The quantitative estimate of drug-likeness (QED) is 0.693. The van der Waals surface area contributed by atoms with Crippen LogP contribution in [0.2, 0.25) is 0 Å². The Morgan fingerprint density at radius 3 is 2.48 bits per heavy atom. The number of pyridine rings is 1. The van der Waals surface area contributed by atoms with E-state index in [4.69, 9.17) is 10.5 Å². The van der Waals surface area contributed by atoms with Crippen LogP contribution in [-0.2, 0) is 0 Å². The first-order valence-corrected chi connectivity index (χ1v) is 8.43. The summed E-state index contributed by atoms with van der Waals surface area (Å²) in [6.45, 7) is 1.84. The summed E-state index contributed by atoms with van der Waals surface area (Å²) in [5, 5.41) is 0. The Hall–Kier alpha value is -3.25. The van der Waals surface area contributed by atoms with E-state index in [1.54, 1.807) is 43.6 Å². The van der Waals surface area contributed by atoms with Crippen molar-refractivity contribution in [2.24, 2.45) is 5.73 Å². The summed E-state index contributed by atoms with van der Waals surface area (Å²) in [4.78, 5) is 18.6. The Morgan fingerprint density at radius 2 is 1.81 bits per heavy atom. The first-order chi connectivity index (χ1) is 13.0. The van der Waals surface area contributed by atoms with E-state index >= 15 is 0 Å². The molecule has 0 bridgehead atoms. The molecule has 0 aliphatic carbocycles. The van der Waals surface area contributed by atoms with Crippen LogP contribution < -0.4 is 10.5 Å². The van der Waals surface area contributed by atoms with Crippen LogP contribution >= 0.6 is 0 Å². The van der Waals surface area contributed by atoms with E-state index in [2.05, 4.69) is 4.98 Å². The molecule has 0 aliphatic heterocycles. The number of aromatic nitrogens is 1. The van der Waals surface area contributed by atoms with Crippen molar-refractivity contribution in [3.05, 3.63) is 89.5 Å². The van der Waals surface area contributed by atoms with Gasteiger partial charge in [0.05, 0.1) is 5.69 Å². The molecule has 2 aromatic carbocycles. The number of hydrogen-bond donors (Lipinski definition) is 1. The highest BCUT2D eigenvalue weighted by atomic mass is 19.1. The van der Waals surface area contributed by atoms with E-state index in [-0.39, 0.29) is 11.7 Å². The van der Waals surface area contributed by atoms with Crippen LogP contribution in [0.4, 0.5) is 4.39 Å². The number of ether oxygens (including phenoxy) is 1. The van der Waals surface area contributed by atoms with E-state index < -0.39 is 6.17 Å². The molecule has 6 heteroatoms. The number of carbonyl (C=O) groups excluding carboxylic acids is 1. The zero-order chi connectivity index (χ0) is 19.4. The van der Waals surface area contributed by atoms with Crippen LogP contribution in [0, 0.1) is 12.7 Å². The fourth-order valence-corrected chi connectivity index (χ4v) is 2.60.